The van der Waals surface area contributed by atoms with Crippen molar-refractivity contribution in [3.8, 4) is 0 Å². The minimum Gasteiger partial charge on any atom is -0.300 e. The number of carbonyl (C=O) groups excluding carboxylic acids is 1. The van der Waals surface area contributed by atoms with Gasteiger partial charge in [-0.3, -0.25) is 0 Å². The maximum absolute atomic E-state index is 10.9. The van der Waals surface area contributed by atoms with Crippen molar-refractivity contribution in [1.29, 1.82) is 0 Å². The molecule has 0 aromatic rings. The summed E-state index contributed by atoms with van der Waals surface area (Å²) >= 11 is 0. The number of Topliss-reactive ketones (excluding diaryl/α,β-unsaturated/α-hetero) is 1. The lowest BCUT2D eigenvalue weighted by atomic mass is 9.92. The Bertz CT molecular complexity index is 220. The van der Waals surface area contributed by atoms with Crippen LogP contribution in [-0.2, 0) is 4.79 Å². The summed E-state index contributed by atoms with van der Waals surface area (Å²) in [6.45, 7) is 11.1. The van der Waals surface area contributed by atoms with Gasteiger partial charge in [-0.05, 0) is 31.1 Å². The molecule has 0 N–H and O–H groups in total. The molecule has 0 aromatic heterocycles. The van der Waals surface area contributed by atoms with Crippen LogP contribution in [0.4, 0.5) is 0 Å². The summed E-state index contributed by atoms with van der Waals surface area (Å²) in [6.07, 6.45) is 11.3. The van der Waals surface area contributed by atoms with Crippen LogP contribution in [0.1, 0.15) is 92.4 Å². The highest BCUT2D eigenvalue weighted by molar-refractivity contribution is 5.75. The topological polar surface area (TPSA) is 17.1 Å². The van der Waals surface area contributed by atoms with Crippen molar-refractivity contribution < 1.29 is 4.79 Å². The van der Waals surface area contributed by atoms with Crippen molar-refractivity contribution in [1.82, 2.24) is 0 Å². The van der Waals surface area contributed by atoms with Crippen LogP contribution in [0.25, 0.3) is 0 Å². The molecule has 0 aliphatic rings. The van der Waals surface area contributed by atoms with Crippen molar-refractivity contribution >= 4 is 5.78 Å². The number of unbranched alkanes of at least 4 members (excludes halogenated alkanes) is 1. The number of hydrogen-bond acceptors (Lipinski definition) is 1. The molecular weight excluding hydrogens is 232 g/mol. The van der Waals surface area contributed by atoms with Crippen molar-refractivity contribution in [2.24, 2.45) is 17.8 Å². The molecule has 114 valence electrons. The van der Waals surface area contributed by atoms with Gasteiger partial charge in [-0.1, -0.05) is 72.6 Å². The van der Waals surface area contributed by atoms with Gasteiger partial charge < -0.3 is 4.79 Å². The van der Waals surface area contributed by atoms with Crippen LogP contribution in [0.2, 0.25) is 0 Å². The molecule has 1 nitrogen and oxygen atoms in total. The number of carbonyl (C=O) groups is 1. The highest BCUT2D eigenvalue weighted by Crippen LogP contribution is 2.20. The fourth-order valence-electron chi connectivity index (χ4n) is 2.59. The zero-order chi connectivity index (χ0) is 14.7. The fraction of sp³-hybridized carbons (Fsp3) is 0.944. The molecule has 0 fully saturated rings. The molecule has 19 heavy (non-hydrogen) atoms. The lowest BCUT2D eigenvalue weighted by Crippen LogP contribution is -2.00. The van der Waals surface area contributed by atoms with E-state index in [-0.39, 0.29) is 0 Å². The molecule has 2 atom stereocenters. The van der Waals surface area contributed by atoms with Crippen molar-refractivity contribution in [2.45, 2.75) is 92.4 Å². The first-order chi connectivity index (χ1) is 8.91. The lowest BCUT2D eigenvalue weighted by molar-refractivity contribution is -0.117. The van der Waals surface area contributed by atoms with Gasteiger partial charge in [-0.2, -0.15) is 0 Å². The van der Waals surface area contributed by atoms with E-state index in [1.54, 1.807) is 6.92 Å². The average Bonchev–Trinajstić information content (AvgIpc) is 2.31. The molecule has 0 rings (SSSR count). The summed E-state index contributed by atoms with van der Waals surface area (Å²) < 4.78 is 0. The van der Waals surface area contributed by atoms with Crippen LogP contribution in [0.5, 0.6) is 0 Å². The average molecular weight is 268 g/mol. The van der Waals surface area contributed by atoms with Gasteiger partial charge in [0.05, 0.1) is 0 Å². The maximum atomic E-state index is 10.9. The number of rotatable bonds is 12. The van der Waals surface area contributed by atoms with E-state index in [1.165, 1.54) is 44.9 Å². The van der Waals surface area contributed by atoms with Gasteiger partial charge in [0.15, 0.2) is 0 Å². The van der Waals surface area contributed by atoms with Gasteiger partial charge >= 0.3 is 0 Å². The van der Waals surface area contributed by atoms with E-state index in [0.717, 1.165) is 30.6 Å². The van der Waals surface area contributed by atoms with Crippen molar-refractivity contribution in [3.05, 3.63) is 0 Å². The summed E-state index contributed by atoms with van der Waals surface area (Å²) in [6, 6.07) is 0. The second-order valence-corrected chi connectivity index (χ2v) is 7.06. The third-order valence-electron chi connectivity index (χ3n) is 4.11. The standard InChI is InChI=1S/C18H36O/c1-15(2)13-14-17(4)10-7-6-9-16(3)11-8-12-18(5)19/h15-17H,6-14H2,1-5H3. The Labute approximate surface area is 121 Å². The number of ketones is 1. The first-order valence-corrected chi connectivity index (χ1v) is 8.41. The van der Waals surface area contributed by atoms with Crippen LogP contribution in [0.15, 0.2) is 0 Å². The van der Waals surface area contributed by atoms with Gasteiger partial charge in [0.25, 0.3) is 0 Å². The van der Waals surface area contributed by atoms with Crippen LogP contribution in [0.3, 0.4) is 0 Å². The van der Waals surface area contributed by atoms with Crippen molar-refractivity contribution in [3.63, 3.8) is 0 Å². The molecule has 0 spiro atoms. The Morgan fingerprint density at radius 1 is 0.737 bits per heavy atom. The predicted octanol–water partition coefficient (Wildman–Crippen LogP) is 6.01. The van der Waals surface area contributed by atoms with Crippen molar-refractivity contribution in [2.75, 3.05) is 0 Å². The minimum atomic E-state index is 0.339. The molecule has 0 bridgehead atoms. The molecule has 0 aliphatic heterocycles. The molecular formula is C18H36O. The van der Waals surface area contributed by atoms with E-state index in [9.17, 15) is 4.79 Å². The molecule has 0 heterocycles. The highest BCUT2D eigenvalue weighted by Gasteiger charge is 2.06. The quantitative estimate of drug-likeness (QED) is 0.396. The maximum Gasteiger partial charge on any atom is 0.129 e. The van der Waals surface area contributed by atoms with E-state index < -0.39 is 0 Å². The number of hydrogen-bond donors (Lipinski definition) is 0. The largest absolute Gasteiger partial charge is 0.300 e. The van der Waals surface area contributed by atoms with Gasteiger partial charge in [-0.25, -0.2) is 0 Å². The van der Waals surface area contributed by atoms with Gasteiger partial charge in [0.1, 0.15) is 5.78 Å². The molecule has 0 amide bonds. The summed E-state index contributed by atoms with van der Waals surface area (Å²) in [5, 5.41) is 0. The van der Waals surface area contributed by atoms with E-state index in [4.69, 9.17) is 0 Å². The fourth-order valence-corrected chi connectivity index (χ4v) is 2.59. The summed E-state index contributed by atoms with van der Waals surface area (Å²) in [5.41, 5.74) is 0. The first-order valence-electron chi connectivity index (χ1n) is 8.41. The summed E-state index contributed by atoms with van der Waals surface area (Å²) in [7, 11) is 0. The van der Waals surface area contributed by atoms with Crippen LogP contribution < -0.4 is 0 Å². The van der Waals surface area contributed by atoms with Crippen LogP contribution in [0, 0.1) is 17.8 Å². The zero-order valence-electron chi connectivity index (χ0n) is 14.0. The van der Waals surface area contributed by atoms with E-state index in [2.05, 4.69) is 27.7 Å². The summed E-state index contributed by atoms with van der Waals surface area (Å²) in [4.78, 5) is 10.9. The lowest BCUT2D eigenvalue weighted by Gasteiger charge is -2.14. The van der Waals surface area contributed by atoms with Crippen LogP contribution in [-0.4, -0.2) is 5.78 Å². The van der Waals surface area contributed by atoms with E-state index >= 15 is 0 Å². The predicted molar refractivity (Wildman–Crippen MR) is 85.4 cm³/mol. The highest BCUT2D eigenvalue weighted by atomic mass is 16.1. The molecule has 2 unspecified atom stereocenters. The van der Waals surface area contributed by atoms with Gasteiger partial charge in [-0.15, -0.1) is 0 Å². The summed E-state index contributed by atoms with van der Waals surface area (Å²) in [5.74, 6) is 2.88. The molecule has 1 heteroatoms. The molecule has 0 aliphatic carbocycles. The second kappa shape index (κ2) is 11.5. The van der Waals surface area contributed by atoms with E-state index in [1.807, 2.05) is 0 Å². The third kappa shape index (κ3) is 13.9. The Kier molecular flexibility index (Phi) is 11.3. The Morgan fingerprint density at radius 3 is 1.68 bits per heavy atom. The van der Waals surface area contributed by atoms with E-state index in [0.29, 0.717) is 5.78 Å². The SMILES string of the molecule is CC(=O)CCCC(C)CCCCC(C)CCC(C)C. The molecule has 0 aromatic carbocycles. The molecule has 0 saturated carbocycles. The minimum absolute atomic E-state index is 0.339. The zero-order valence-corrected chi connectivity index (χ0v) is 14.0. The first kappa shape index (κ1) is 18.7. The smallest absolute Gasteiger partial charge is 0.129 e. The molecule has 0 radical (unpaired) electrons. The Balaban J connectivity index is 3.39. The Hall–Kier alpha value is -0.330. The normalized spacial score (nSPS) is 14.6. The van der Waals surface area contributed by atoms with Gasteiger partial charge in [0.2, 0.25) is 0 Å². The van der Waals surface area contributed by atoms with Crippen LogP contribution >= 0.6 is 0 Å². The van der Waals surface area contributed by atoms with Gasteiger partial charge in [0, 0.05) is 6.42 Å². The Morgan fingerprint density at radius 2 is 1.21 bits per heavy atom. The third-order valence-corrected chi connectivity index (χ3v) is 4.11. The molecule has 0 saturated heterocycles. The second-order valence-electron chi connectivity index (χ2n) is 7.06. The monoisotopic (exact) mass is 268 g/mol.